The molecule has 0 aliphatic heterocycles. The maximum Gasteiger partial charge on any atom is 0.310 e. The van der Waals surface area contributed by atoms with E-state index >= 15 is 0 Å². The molecule has 0 N–H and O–H groups in total. The lowest BCUT2D eigenvalue weighted by Crippen LogP contribution is -2.37. The van der Waals surface area contributed by atoms with E-state index in [0.29, 0.717) is 13.2 Å². The van der Waals surface area contributed by atoms with Gasteiger partial charge in [0.15, 0.2) is 0 Å². The summed E-state index contributed by atoms with van der Waals surface area (Å²) >= 11 is 0. The van der Waals surface area contributed by atoms with Crippen LogP contribution in [0, 0.1) is 23.7 Å². The zero-order valence-corrected chi connectivity index (χ0v) is 14.9. The number of hydrogen-bond donors (Lipinski definition) is 0. The van der Waals surface area contributed by atoms with E-state index in [4.69, 9.17) is 9.47 Å². The maximum atomic E-state index is 12.6. The van der Waals surface area contributed by atoms with Crippen molar-refractivity contribution in [1.82, 2.24) is 0 Å². The quantitative estimate of drug-likeness (QED) is 0.386. The first kappa shape index (κ1) is 18.0. The summed E-state index contributed by atoms with van der Waals surface area (Å²) in [5.74, 6) is -0.828. The Morgan fingerprint density at radius 3 is 1.61 bits per heavy atom. The molecule has 4 atom stereocenters. The van der Waals surface area contributed by atoms with Crippen molar-refractivity contribution in [2.45, 2.75) is 59.8 Å². The highest BCUT2D eigenvalue weighted by molar-refractivity contribution is 5.85. The Morgan fingerprint density at radius 2 is 1.26 bits per heavy atom. The Balaban J connectivity index is 2.10. The number of esters is 2. The zero-order chi connectivity index (χ0) is 17.0. The molecule has 0 aromatic carbocycles. The summed E-state index contributed by atoms with van der Waals surface area (Å²) in [6, 6.07) is 0. The molecule has 130 valence electrons. The lowest BCUT2D eigenvalue weighted by Gasteiger charge is -2.29. The van der Waals surface area contributed by atoms with Crippen LogP contribution in [-0.4, -0.2) is 25.2 Å². The van der Waals surface area contributed by atoms with Crippen LogP contribution in [0.25, 0.3) is 0 Å². The Hall–Kier alpha value is -1.32. The molecule has 2 bridgehead atoms. The Morgan fingerprint density at radius 1 is 0.870 bits per heavy atom. The number of fused-ring (bicyclic) bond motifs is 2. The Labute approximate surface area is 139 Å². The molecule has 1 fully saturated rings. The second-order valence-corrected chi connectivity index (χ2v) is 6.91. The monoisotopic (exact) mass is 322 g/mol. The van der Waals surface area contributed by atoms with Gasteiger partial charge in [0, 0.05) is 0 Å². The third-order valence-corrected chi connectivity index (χ3v) is 5.52. The number of ether oxygens (including phenoxy) is 2. The molecule has 4 unspecified atom stereocenters. The van der Waals surface area contributed by atoms with Gasteiger partial charge in [-0.25, -0.2) is 0 Å². The molecule has 2 rings (SSSR count). The Bertz CT molecular complexity index is 438. The van der Waals surface area contributed by atoms with Crippen LogP contribution in [0.2, 0.25) is 0 Å². The highest BCUT2D eigenvalue weighted by Gasteiger charge is 2.56. The van der Waals surface area contributed by atoms with Crippen molar-refractivity contribution in [3.63, 3.8) is 0 Å². The highest BCUT2D eigenvalue weighted by Crippen LogP contribution is 2.55. The second-order valence-electron chi connectivity index (χ2n) is 6.91. The van der Waals surface area contributed by atoms with Crippen LogP contribution in [0.5, 0.6) is 0 Å². The van der Waals surface area contributed by atoms with E-state index < -0.39 is 0 Å². The summed E-state index contributed by atoms with van der Waals surface area (Å²) in [5, 5.41) is 0. The molecule has 2 aliphatic rings. The van der Waals surface area contributed by atoms with Gasteiger partial charge in [-0.05, 0) is 44.9 Å². The van der Waals surface area contributed by atoms with Crippen molar-refractivity contribution in [3.8, 4) is 0 Å². The fraction of sp³-hybridized carbons (Fsp3) is 0.789. The first-order chi connectivity index (χ1) is 11.0. The van der Waals surface area contributed by atoms with Crippen LogP contribution in [0.3, 0.4) is 0 Å². The smallest absolute Gasteiger partial charge is 0.310 e. The second kappa shape index (κ2) is 7.98. The molecule has 0 saturated heterocycles. The van der Waals surface area contributed by atoms with Crippen LogP contribution in [0.15, 0.2) is 11.1 Å². The summed E-state index contributed by atoms with van der Waals surface area (Å²) in [6.45, 7) is 9.20. The van der Waals surface area contributed by atoms with Crippen LogP contribution >= 0.6 is 0 Å². The maximum absolute atomic E-state index is 12.6. The molecule has 0 radical (unpaired) electrons. The normalized spacial score (nSPS) is 29.0. The van der Waals surface area contributed by atoms with Crippen molar-refractivity contribution in [2.24, 2.45) is 23.7 Å². The Kier molecular flexibility index (Phi) is 6.25. The predicted octanol–water partition coefficient (Wildman–Crippen LogP) is 3.89. The molecule has 23 heavy (non-hydrogen) atoms. The number of carbonyl (C=O) groups excluding carboxylic acids is 2. The molecule has 0 amide bonds. The highest BCUT2D eigenvalue weighted by atomic mass is 16.5. The van der Waals surface area contributed by atoms with Gasteiger partial charge in [0.25, 0.3) is 0 Å². The van der Waals surface area contributed by atoms with Crippen molar-refractivity contribution >= 4 is 11.9 Å². The molecule has 0 spiro atoms. The van der Waals surface area contributed by atoms with E-state index in [1.165, 1.54) is 11.1 Å². The summed E-state index contributed by atoms with van der Waals surface area (Å²) in [7, 11) is 0. The molecule has 0 aromatic heterocycles. The number of unbranched alkanes of at least 4 members (excludes halogenated alkanes) is 2. The molecule has 1 saturated carbocycles. The van der Waals surface area contributed by atoms with Gasteiger partial charge >= 0.3 is 11.9 Å². The molecule has 0 aromatic rings. The zero-order valence-electron chi connectivity index (χ0n) is 14.9. The first-order valence-electron chi connectivity index (χ1n) is 9.03. The predicted molar refractivity (Wildman–Crippen MR) is 88.7 cm³/mol. The molecular weight excluding hydrogens is 292 g/mol. The molecule has 2 aliphatic carbocycles. The van der Waals surface area contributed by atoms with Crippen LogP contribution in [0.1, 0.15) is 59.8 Å². The number of carbonyl (C=O) groups is 2. The van der Waals surface area contributed by atoms with Gasteiger partial charge in [-0.1, -0.05) is 37.8 Å². The van der Waals surface area contributed by atoms with Crippen molar-refractivity contribution in [3.05, 3.63) is 11.1 Å². The lowest BCUT2D eigenvalue weighted by molar-refractivity contribution is -0.161. The standard InChI is InChI=1S/C19H30O4/c1-5-7-9-22-18(20)16-14-11-15(13(4)12(14)3)17(16)19(21)23-10-8-6-2/h14-17H,5-11H2,1-4H3. The van der Waals surface area contributed by atoms with Gasteiger partial charge in [-0.2, -0.15) is 0 Å². The van der Waals surface area contributed by atoms with E-state index in [9.17, 15) is 9.59 Å². The number of hydrogen-bond acceptors (Lipinski definition) is 4. The van der Waals surface area contributed by atoms with E-state index in [0.717, 1.165) is 32.1 Å². The largest absolute Gasteiger partial charge is 0.465 e. The van der Waals surface area contributed by atoms with Crippen molar-refractivity contribution < 1.29 is 19.1 Å². The third kappa shape index (κ3) is 3.61. The topological polar surface area (TPSA) is 52.6 Å². The summed E-state index contributed by atoms with van der Waals surface area (Å²) in [6.07, 6.45) is 4.60. The van der Waals surface area contributed by atoms with Gasteiger partial charge in [-0.15, -0.1) is 0 Å². The SMILES string of the molecule is CCCCOC(=O)C1C2CC(C(C)=C2C)C1C(=O)OCCCC. The van der Waals surface area contributed by atoms with Gasteiger partial charge in [0.2, 0.25) is 0 Å². The van der Waals surface area contributed by atoms with Crippen LogP contribution in [-0.2, 0) is 19.1 Å². The minimum Gasteiger partial charge on any atom is -0.465 e. The average Bonchev–Trinajstić information content (AvgIpc) is 3.05. The fourth-order valence-electron chi connectivity index (χ4n) is 3.99. The van der Waals surface area contributed by atoms with E-state index in [1.54, 1.807) is 0 Å². The molecular formula is C19H30O4. The summed E-state index contributed by atoms with van der Waals surface area (Å²) < 4.78 is 10.9. The van der Waals surface area contributed by atoms with E-state index in [1.807, 2.05) is 0 Å². The lowest BCUT2D eigenvalue weighted by atomic mass is 9.76. The number of allylic oxidation sites excluding steroid dienone is 2. The van der Waals surface area contributed by atoms with Gasteiger partial charge in [-0.3, -0.25) is 9.59 Å². The average molecular weight is 322 g/mol. The summed E-state index contributed by atoms with van der Waals surface area (Å²) in [4.78, 5) is 25.1. The third-order valence-electron chi connectivity index (χ3n) is 5.52. The van der Waals surface area contributed by atoms with Crippen molar-refractivity contribution in [2.75, 3.05) is 13.2 Å². The minimum atomic E-state index is -0.352. The summed E-state index contributed by atoms with van der Waals surface area (Å²) in [5.41, 5.74) is 2.54. The van der Waals surface area contributed by atoms with Gasteiger partial charge in [0.05, 0.1) is 25.0 Å². The number of rotatable bonds is 8. The van der Waals surface area contributed by atoms with Crippen LogP contribution < -0.4 is 0 Å². The molecule has 4 nitrogen and oxygen atoms in total. The molecule has 0 heterocycles. The fourth-order valence-corrected chi connectivity index (χ4v) is 3.99. The minimum absolute atomic E-state index is 0.151. The van der Waals surface area contributed by atoms with Crippen LogP contribution in [0.4, 0.5) is 0 Å². The van der Waals surface area contributed by atoms with Gasteiger partial charge < -0.3 is 9.47 Å². The first-order valence-corrected chi connectivity index (χ1v) is 9.03. The van der Waals surface area contributed by atoms with E-state index in [2.05, 4.69) is 27.7 Å². The van der Waals surface area contributed by atoms with Crippen molar-refractivity contribution in [1.29, 1.82) is 0 Å². The van der Waals surface area contributed by atoms with Gasteiger partial charge in [0.1, 0.15) is 0 Å². The van der Waals surface area contributed by atoms with E-state index in [-0.39, 0.29) is 35.6 Å². The molecule has 4 heteroatoms.